The van der Waals surface area contributed by atoms with Crippen molar-refractivity contribution in [3.05, 3.63) is 36.2 Å². The van der Waals surface area contributed by atoms with Gasteiger partial charge in [-0.3, -0.25) is 19.4 Å². The molecule has 130 valence electrons. The van der Waals surface area contributed by atoms with E-state index in [0.717, 1.165) is 5.69 Å². The average Bonchev–Trinajstić information content (AvgIpc) is 2.57. The third kappa shape index (κ3) is 7.50. The number of nitrogens with two attached hydrogens (primary N) is 1. The molecule has 5 N–H and O–H groups in total. The van der Waals surface area contributed by atoms with Gasteiger partial charge in [0.05, 0.1) is 17.6 Å². The van der Waals surface area contributed by atoms with E-state index < -0.39 is 0 Å². The van der Waals surface area contributed by atoms with Crippen molar-refractivity contribution in [1.82, 2.24) is 15.6 Å². The van der Waals surface area contributed by atoms with Crippen LogP contribution < -0.4 is 21.7 Å². The fourth-order valence-electron chi connectivity index (χ4n) is 1.69. The molecule has 1 rings (SSSR count). The number of aromatic nitrogens is 1. The topological polar surface area (TPSA) is 126 Å². The smallest absolute Gasteiger partial charge is 0.246 e. The monoisotopic (exact) mass is 333 g/mol. The standard InChI is InChI=1S/C16H23N5O3/c1-11(2)16(24)19-8-7-18-14(22)5-6-15(23)21-13-4-3-12(9-17)20-10-13/h3-4,10H,1,5-9,17H2,2H3,(H,18,22)(H,19,24)(H,21,23). The summed E-state index contributed by atoms with van der Waals surface area (Å²) >= 11 is 0. The average molecular weight is 333 g/mol. The Morgan fingerprint density at radius 1 is 1.12 bits per heavy atom. The summed E-state index contributed by atoms with van der Waals surface area (Å²) in [5, 5.41) is 7.87. The largest absolute Gasteiger partial charge is 0.354 e. The van der Waals surface area contributed by atoms with Crippen LogP contribution in [-0.4, -0.2) is 35.8 Å². The number of nitrogens with one attached hydrogen (secondary N) is 3. The van der Waals surface area contributed by atoms with Crippen molar-refractivity contribution in [2.75, 3.05) is 18.4 Å². The zero-order valence-corrected chi connectivity index (χ0v) is 13.7. The van der Waals surface area contributed by atoms with Crippen LogP contribution in [-0.2, 0) is 20.9 Å². The molecule has 3 amide bonds. The van der Waals surface area contributed by atoms with E-state index in [1.54, 1.807) is 19.1 Å². The molecule has 0 bridgehead atoms. The fraction of sp³-hybridized carbons (Fsp3) is 0.375. The molecule has 0 aliphatic heterocycles. The Morgan fingerprint density at radius 3 is 2.38 bits per heavy atom. The summed E-state index contributed by atoms with van der Waals surface area (Å²) < 4.78 is 0. The molecule has 0 saturated carbocycles. The van der Waals surface area contributed by atoms with E-state index in [4.69, 9.17) is 5.73 Å². The number of pyridine rings is 1. The lowest BCUT2D eigenvalue weighted by Gasteiger charge is -2.07. The minimum absolute atomic E-state index is 0.0581. The van der Waals surface area contributed by atoms with Crippen LogP contribution in [0.3, 0.4) is 0 Å². The van der Waals surface area contributed by atoms with Crippen LogP contribution in [0.1, 0.15) is 25.5 Å². The second-order valence-electron chi connectivity index (χ2n) is 5.18. The van der Waals surface area contributed by atoms with Gasteiger partial charge >= 0.3 is 0 Å². The lowest BCUT2D eigenvalue weighted by atomic mass is 10.2. The predicted octanol–water partition coefficient (Wildman–Crippen LogP) is 0.0675. The highest BCUT2D eigenvalue weighted by Crippen LogP contribution is 2.06. The maximum Gasteiger partial charge on any atom is 0.246 e. The van der Waals surface area contributed by atoms with Gasteiger partial charge in [0.2, 0.25) is 17.7 Å². The van der Waals surface area contributed by atoms with Crippen molar-refractivity contribution in [2.45, 2.75) is 26.3 Å². The van der Waals surface area contributed by atoms with Gasteiger partial charge in [0.15, 0.2) is 0 Å². The Labute approximate surface area is 140 Å². The number of carbonyl (C=O) groups excluding carboxylic acids is 3. The molecule has 0 aromatic carbocycles. The molecule has 8 nitrogen and oxygen atoms in total. The van der Waals surface area contributed by atoms with Gasteiger partial charge in [0, 0.05) is 38.0 Å². The first-order valence-corrected chi connectivity index (χ1v) is 7.57. The molecule has 0 saturated heterocycles. The van der Waals surface area contributed by atoms with E-state index in [2.05, 4.69) is 27.5 Å². The molecule has 1 heterocycles. The molecule has 0 spiro atoms. The SMILES string of the molecule is C=C(C)C(=O)NCCNC(=O)CCC(=O)Nc1ccc(CN)nc1. The molecular formula is C16H23N5O3. The van der Waals surface area contributed by atoms with Crippen molar-refractivity contribution in [1.29, 1.82) is 0 Å². The normalized spacial score (nSPS) is 9.92. The summed E-state index contributed by atoms with van der Waals surface area (Å²) in [5.41, 5.74) is 7.13. The van der Waals surface area contributed by atoms with Crippen LogP contribution in [0.15, 0.2) is 30.5 Å². The van der Waals surface area contributed by atoms with Gasteiger partial charge in [-0.15, -0.1) is 0 Å². The zero-order chi connectivity index (χ0) is 17.9. The molecule has 0 aliphatic rings. The number of rotatable bonds is 9. The number of carbonyl (C=O) groups is 3. The van der Waals surface area contributed by atoms with E-state index in [1.165, 1.54) is 6.20 Å². The minimum Gasteiger partial charge on any atom is -0.354 e. The first kappa shape index (κ1) is 19.3. The summed E-state index contributed by atoms with van der Waals surface area (Å²) in [5.74, 6) is -0.785. The van der Waals surface area contributed by atoms with Crippen LogP contribution in [0.25, 0.3) is 0 Å². The molecular weight excluding hydrogens is 310 g/mol. The number of nitrogens with zero attached hydrogens (tertiary/aromatic N) is 1. The number of amides is 3. The molecule has 0 fully saturated rings. The van der Waals surface area contributed by atoms with E-state index >= 15 is 0 Å². The van der Waals surface area contributed by atoms with Gasteiger partial charge in [0.1, 0.15) is 0 Å². The first-order valence-electron chi connectivity index (χ1n) is 7.57. The molecule has 0 atom stereocenters. The van der Waals surface area contributed by atoms with E-state index in [9.17, 15) is 14.4 Å². The van der Waals surface area contributed by atoms with Gasteiger partial charge in [-0.25, -0.2) is 0 Å². The summed E-state index contributed by atoms with van der Waals surface area (Å²) in [6.07, 6.45) is 1.64. The predicted molar refractivity (Wildman–Crippen MR) is 90.8 cm³/mol. The lowest BCUT2D eigenvalue weighted by molar-refractivity contribution is -0.124. The molecule has 1 aromatic heterocycles. The van der Waals surface area contributed by atoms with Crippen LogP contribution >= 0.6 is 0 Å². The van der Waals surface area contributed by atoms with E-state index in [0.29, 0.717) is 30.9 Å². The first-order chi connectivity index (χ1) is 11.4. The summed E-state index contributed by atoms with van der Waals surface area (Å²) in [6, 6.07) is 3.43. The van der Waals surface area contributed by atoms with Crippen molar-refractivity contribution < 1.29 is 14.4 Å². The Morgan fingerprint density at radius 2 is 1.79 bits per heavy atom. The molecule has 0 aliphatic carbocycles. The highest BCUT2D eigenvalue weighted by molar-refractivity contribution is 5.93. The molecule has 0 unspecified atom stereocenters. The van der Waals surface area contributed by atoms with Crippen LogP contribution in [0.2, 0.25) is 0 Å². The van der Waals surface area contributed by atoms with Crippen molar-refractivity contribution in [2.24, 2.45) is 5.73 Å². The van der Waals surface area contributed by atoms with Gasteiger partial charge in [-0.2, -0.15) is 0 Å². The summed E-state index contributed by atoms with van der Waals surface area (Å²) in [4.78, 5) is 38.7. The fourth-order valence-corrected chi connectivity index (χ4v) is 1.69. The Balaban J connectivity index is 2.20. The molecule has 24 heavy (non-hydrogen) atoms. The Hall–Kier alpha value is -2.74. The molecule has 8 heteroatoms. The van der Waals surface area contributed by atoms with Crippen molar-refractivity contribution in [3.63, 3.8) is 0 Å². The highest BCUT2D eigenvalue weighted by atomic mass is 16.2. The number of anilines is 1. The maximum atomic E-state index is 11.8. The third-order valence-electron chi connectivity index (χ3n) is 3.02. The van der Waals surface area contributed by atoms with Crippen LogP contribution in [0.5, 0.6) is 0 Å². The Bertz CT molecular complexity index is 598. The summed E-state index contributed by atoms with van der Waals surface area (Å²) in [6.45, 7) is 6.05. The van der Waals surface area contributed by atoms with E-state index in [-0.39, 0.29) is 30.6 Å². The third-order valence-corrected chi connectivity index (χ3v) is 3.02. The van der Waals surface area contributed by atoms with Gasteiger partial charge < -0.3 is 21.7 Å². The van der Waals surface area contributed by atoms with Gasteiger partial charge in [-0.05, 0) is 19.1 Å². The maximum absolute atomic E-state index is 11.8. The number of hydrogen-bond acceptors (Lipinski definition) is 5. The van der Waals surface area contributed by atoms with Gasteiger partial charge in [-0.1, -0.05) is 6.58 Å². The minimum atomic E-state index is -0.275. The second-order valence-corrected chi connectivity index (χ2v) is 5.18. The molecule has 0 radical (unpaired) electrons. The summed E-state index contributed by atoms with van der Waals surface area (Å²) in [7, 11) is 0. The van der Waals surface area contributed by atoms with Crippen molar-refractivity contribution >= 4 is 23.4 Å². The lowest BCUT2D eigenvalue weighted by Crippen LogP contribution is -2.35. The second kappa shape index (κ2) is 10.1. The highest BCUT2D eigenvalue weighted by Gasteiger charge is 2.07. The number of hydrogen-bond donors (Lipinski definition) is 4. The molecule has 1 aromatic rings. The van der Waals surface area contributed by atoms with E-state index in [1.807, 2.05) is 0 Å². The zero-order valence-electron chi connectivity index (χ0n) is 13.7. The van der Waals surface area contributed by atoms with Gasteiger partial charge in [0.25, 0.3) is 0 Å². The Kier molecular flexibility index (Phi) is 8.14. The van der Waals surface area contributed by atoms with Crippen LogP contribution in [0.4, 0.5) is 5.69 Å². The quantitative estimate of drug-likeness (QED) is 0.376. The van der Waals surface area contributed by atoms with Crippen molar-refractivity contribution in [3.8, 4) is 0 Å². The van der Waals surface area contributed by atoms with Crippen LogP contribution in [0, 0.1) is 0 Å².